The highest BCUT2D eigenvalue weighted by Gasteiger charge is 2.04. The molecular formula is C14H17ClN2S2. The Labute approximate surface area is 127 Å². The molecule has 0 atom stereocenters. The Kier molecular flexibility index (Phi) is 5.70. The van der Waals surface area contributed by atoms with Crippen molar-refractivity contribution in [1.82, 2.24) is 10.3 Å². The molecule has 1 N–H and O–H groups in total. The lowest BCUT2D eigenvalue weighted by Crippen LogP contribution is -2.21. The van der Waals surface area contributed by atoms with Crippen LogP contribution in [0.5, 0.6) is 0 Å². The van der Waals surface area contributed by atoms with E-state index in [4.69, 9.17) is 11.6 Å². The van der Waals surface area contributed by atoms with Gasteiger partial charge in [-0.3, -0.25) is 0 Å². The first-order chi connectivity index (χ1) is 9.13. The number of hydrogen-bond acceptors (Lipinski definition) is 4. The minimum absolute atomic E-state index is 0.506. The van der Waals surface area contributed by atoms with E-state index in [1.54, 1.807) is 23.1 Å². The summed E-state index contributed by atoms with van der Waals surface area (Å²) in [6, 6.07) is 8.44. The smallest absolute Gasteiger partial charge is 0.103 e. The number of nitrogens with zero attached hydrogens (tertiary/aromatic N) is 1. The van der Waals surface area contributed by atoms with E-state index in [1.165, 1.54) is 9.77 Å². The van der Waals surface area contributed by atoms with Crippen molar-refractivity contribution in [2.24, 2.45) is 0 Å². The molecule has 0 amide bonds. The topological polar surface area (TPSA) is 24.9 Å². The van der Waals surface area contributed by atoms with Gasteiger partial charge in [0.2, 0.25) is 0 Å². The highest BCUT2D eigenvalue weighted by atomic mass is 35.5. The Morgan fingerprint density at radius 3 is 3.00 bits per heavy atom. The zero-order chi connectivity index (χ0) is 13.7. The monoisotopic (exact) mass is 312 g/mol. The molecule has 1 aromatic carbocycles. The molecule has 0 saturated heterocycles. The number of aromatic nitrogens is 1. The second kappa shape index (κ2) is 7.29. The summed E-state index contributed by atoms with van der Waals surface area (Å²) < 4.78 is 0. The number of hydrogen-bond donors (Lipinski definition) is 1. The van der Waals surface area contributed by atoms with Gasteiger partial charge < -0.3 is 5.32 Å². The first kappa shape index (κ1) is 14.9. The molecule has 0 aliphatic heterocycles. The molecule has 102 valence electrons. The van der Waals surface area contributed by atoms with E-state index >= 15 is 0 Å². The van der Waals surface area contributed by atoms with Crippen LogP contribution in [0.4, 0.5) is 0 Å². The largest absolute Gasteiger partial charge is 0.310 e. The molecule has 0 saturated carbocycles. The normalized spacial score (nSPS) is 11.2. The number of thiazole rings is 1. The van der Waals surface area contributed by atoms with Crippen molar-refractivity contribution in [3.63, 3.8) is 0 Å². The zero-order valence-electron chi connectivity index (χ0n) is 11.0. The summed E-state index contributed by atoms with van der Waals surface area (Å²) in [7, 11) is 0. The van der Waals surface area contributed by atoms with E-state index in [0.29, 0.717) is 6.04 Å². The van der Waals surface area contributed by atoms with E-state index in [9.17, 15) is 0 Å². The predicted molar refractivity (Wildman–Crippen MR) is 85.1 cm³/mol. The molecule has 0 aliphatic carbocycles. The standard InChI is InChI=1S/C14H17ClN2S2/c1-10(2)16-7-13-8-17-14(19-13)9-18-12-5-3-4-11(15)6-12/h3-6,8,10,16H,7,9H2,1-2H3. The second-order valence-corrected chi connectivity index (χ2v) is 7.19. The number of benzene rings is 1. The Bertz CT molecular complexity index is 526. The van der Waals surface area contributed by atoms with Crippen molar-refractivity contribution in [2.75, 3.05) is 0 Å². The molecular weight excluding hydrogens is 296 g/mol. The number of halogens is 1. The summed E-state index contributed by atoms with van der Waals surface area (Å²) in [5.41, 5.74) is 0. The van der Waals surface area contributed by atoms with Crippen LogP contribution < -0.4 is 5.32 Å². The number of thioether (sulfide) groups is 1. The van der Waals surface area contributed by atoms with E-state index < -0.39 is 0 Å². The number of rotatable bonds is 6. The molecule has 0 spiro atoms. The summed E-state index contributed by atoms with van der Waals surface area (Å²) in [5.74, 6) is 0.896. The highest BCUT2D eigenvalue weighted by molar-refractivity contribution is 7.98. The van der Waals surface area contributed by atoms with Gasteiger partial charge in [0, 0.05) is 33.6 Å². The van der Waals surface area contributed by atoms with Crippen molar-refractivity contribution in [3.8, 4) is 0 Å². The third-order valence-electron chi connectivity index (χ3n) is 2.44. The molecule has 0 aliphatic rings. The maximum absolute atomic E-state index is 5.97. The maximum Gasteiger partial charge on any atom is 0.103 e. The molecule has 2 aromatic rings. The highest BCUT2D eigenvalue weighted by Crippen LogP contribution is 2.26. The van der Waals surface area contributed by atoms with Crippen molar-refractivity contribution in [1.29, 1.82) is 0 Å². The van der Waals surface area contributed by atoms with Crippen LogP contribution in [-0.4, -0.2) is 11.0 Å². The van der Waals surface area contributed by atoms with E-state index in [2.05, 4.69) is 30.2 Å². The quantitative estimate of drug-likeness (QED) is 0.790. The summed E-state index contributed by atoms with van der Waals surface area (Å²) in [6.45, 7) is 5.20. The van der Waals surface area contributed by atoms with Gasteiger partial charge in [0.05, 0.1) is 5.75 Å². The molecule has 0 fully saturated rings. The van der Waals surface area contributed by atoms with Crippen LogP contribution in [0.15, 0.2) is 35.4 Å². The Morgan fingerprint density at radius 1 is 1.42 bits per heavy atom. The molecule has 0 bridgehead atoms. The fourth-order valence-electron chi connectivity index (χ4n) is 1.50. The van der Waals surface area contributed by atoms with Crippen LogP contribution in [0.25, 0.3) is 0 Å². The number of nitrogens with one attached hydrogen (secondary N) is 1. The van der Waals surface area contributed by atoms with Gasteiger partial charge in [-0.05, 0) is 18.2 Å². The van der Waals surface area contributed by atoms with Crippen LogP contribution in [0.1, 0.15) is 23.7 Å². The van der Waals surface area contributed by atoms with Crippen LogP contribution in [-0.2, 0) is 12.3 Å². The van der Waals surface area contributed by atoms with Gasteiger partial charge in [-0.15, -0.1) is 23.1 Å². The third-order valence-corrected chi connectivity index (χ3v) is 4.86. The first-order valence-corrected chi connectivity index (χ1v) is 8.37. The van der Waals surface area contributed by atoms with Crippen LogP contribution >= 0.6 is 34.7 Å². The SMILES string of the molecule is CC(C)NCc1cnc(CSc2cccc(Cl)c2)s1. The Morgan fingerprint density at radius 2 is 2.26 bits per heavy atom. The maximum atomic E-state index is 5.97. The van der Waals surface area contributed by atoms with Gasteiger partial charge >= 0.3 is 0 Å². The van der Waals surface area contributed by atoms with Crippen molar-refractivity contribution in [2.45, 2.75) is 37.1 Å². The zero-order valence-corrected chi connectivity index (χ0v) is 13.4. The third kappa shape index (κ3) is 5.15. The average Bonchev–Trinajstić information content (AvgIpc) is 2.82. The molecule has 2 nitrogen and oxygen atoms in total. The fraction of sp³-hybridized carbons (Fsp3) is 0.357. The molecule has 0 unspecified atom stereocenters. The lowest BCUT2D eigenvalue weighted by Gasteiger charge is -2.04. The van der Waals surface area contributed by atoms with Gasteiger partial charge in [0.25, 0.3) is 0 Å². The summed E-state index contributed by atoms with van der Waals surface area (Å²) >= 11 is 9.51. The van der Waals surface area contributed by atoms with Gasteiger partial charge in [-0.25, -0.2) is 4.98 Å². The van der Waals surface area contributed by atoms with Crippen LogP contribution in [0.2, 0.25) is 5.02 Å². The molecule has 2 rings (SSSR count). The van der Waals surface area contributed by atoms with E-state index in [0.717, 1.165) is 22.3 Å². The van der Waals surface area contributed by atoms with Gasteiger partial charge in [-0.2, -0.15) is 0 Å². The van der Waals surface area contributed by atoms with Gasteiger partial charge in [-0.1, -0.05) is 31.5 Å². The van der Waals surface area contributed by atoms with E-state index in [1.807, 2.05) is 24.4 Å². The summed E-state index contributed by atoms with van der Waals surface area (Å²) in [6.07, 6.45) is 1.97. The second-order valence-electron chi connectivity index (χ2n) is 4.50. The molecule has 1 heterocycles. The molecule has 0 radical (unpaired) electrons. The lowest BCUT2D eigenvalue weighted by molar-refractivity contribution is 0.593. The van der Waals surface area contributed by atoms with Crippen LogP contribution in [0.3, 0.4) is 0 Å². The molecule has 19 heavy (non-hydrogen) atoms. The van der Waals surface area contributed by atoms with Crippen molar-refractivity contribution in [3.05, 3.63) is 45.4 Å². The molecule has 5 heteroatoms. The fourth-order valence-corrected chi connectivity index (χ4v) is 3.59. The van der Waals surface area contributed by atoms with Crippen LogP contribution in [0, 0.1) is 0 Å². The van der Waals surface area contributed by atoms with Gasteiger partial charge in [0.1, 0.15) is 5.01 Å². The molecule has 1 aromatic heterocycles. The minimum Gasteiger partial charge on any atom is -0.310 e. The minimum atomic E-state index is 0.506. The predicted octanol–water partition coefficient (Wildman–Crippen LogP) is 4.59. The summed E-state index contributed by atoms with van der Waals surface area (Å²) in [4.78, 5) is 6.93. The Balaban J connectivity index is 1.86. The summed E-state index contributed by atoms with van der Waals surface area (Å²) in [5, 5.41) is 5.34. The Hall–Kier alpha value is -0.550. The van der Waals surface area contributed by atoms with Gasteiger partial charge in [0.15, 0.2) is 0 Å². The van der Waals surface area contributed by atoms with Crippen molar-refractivity contribution >= 4 is 34.7 Å². The average molecular weight is 313 g/mol. The lowest BCUT2D eigenvalue weighted by atomic mass is 10.4. The van der Waals surface area contributed by atoms with Crippen molar-refractivity contribution < 1.29 is 0 Å². The van der Waals surface area contributed by atoms with E-state index in [-0.39, 0.29) is 0 Å². The first-order valence-electron chi connectivity index (χ1n) is 6.19.